The summed E-state index contributed by atoms with van der Waals surface area (Å²) in [7, 11) is 0. The van der Waals surface area contributed by atoms with Gasteiger partial charge in [-0.25, -0.2) is 0 Å². The molecule has 1 saturated carbocycles. The first-order chi connectivity index (χ1) is 9.73. The average molecular weight is 274 g/mol. The summed E-state index contributed by atoms with van der Waals surface area (Å²) < 4.78 is 6.06. The van der Waals surface area contributed by atoms with Crippen LogP contribution in [0.3, 0.4) is 0 Å². The van der Waals surface area contributed by atoms with Crippen LogP contribution in [0.2, 0.25) is 0 Å². The summed E-state index contributed by atoms with van der Waals surface area (Å²) in [6.45, 7) is 2.93. The second-order valence-electron chi connectivity index (χ2n) is 5.29. The van der Waals surface area contributed by atoms with E-state index < -0.39 is 5.54 Å². The van der Waals surface area contributed by atoms with Gasteiger partial charge in [-0.3, -0.25) is 5.32 Å². The molecule has 0 radical (unpaired) electrons. The van der Waals surface area contributed by atoms with Crippen molar-refractivity contribution < 1.29 is 9.84 Å². The predicted octanol–water partition coefficient (Wildman–Crippen LogP) is 2.02. The molecule has 0 bridgehead atoms. The minimum atomic E-state index is -0.439. The van der Waals surface area contributed by atoms with E-state index in [1.807, 2.05) is 31.2 Å². The molecule has 2 rings (SSSR count). The van der Waals surface area contributed by atoms with Gasteiger partial charge in [0.25, 0.3) is 0 Å². The third kappa shape index (κ3) is 3.30. The highest BCUT2D eigenvalue weighted by atomic mass is 16.5. The normalized spacial score (nSPS) is 25.4. The zero-order chi connectivity index (χ0) is 14.4. The van der Waals surface area contributed by atoms with Crippen molar-refractivity contribution in [3.05, 3.63) is 29.8 Å². The largest absolute Gasteiger partial charge is 0.490 e. The molecule has 2 atom stereocenters. The number of benzene rings is 1. The highest BCUT2D eigenvalue weighted by Gasteiger charge is 2.40. The van der Waals surface area contributed by atoms with E-state index in [9.17, 15) is 5.26 Å². The summed E-state index contributed by atoms with van der Waals surface area (Å²) in [5.41, 5.74) is 0.582. The van der Waals surface area contributed by atoms with Crippen molar-refractivity contribution in [2.45, 2.75) is 44.2 Å². The van der Waals surface area contributed by atoms with Crippen LogP contribution in [0.5, 0.6) is 5.75 Å². The van der Waals surface area contributed by atoms with Crippen LogP contribution < -0.4 is 10.1 Å². The lowest BCUT2D eigenvalue weighted by atomic mass is 10.00. The molecule has 0 amide bonds. The van der Waals surface area contributed by atoms with E-state index in [2.05, 4.69) is 11.4 Å². The number of aliphatic hydroxyl groups excluding tert-OH is 1. The SMILES string of the molecule is CCNC1(C#N)CCC(Oc2ccccc2CCO)C1. The maximum Gasteiger partial charge on any atom is 0.122 e. The fraction of sp³-hybridized carbons (Fsp3) is 0.562. The van der Waals surface area contributed by atoms with Crippen molar-refractivity contribution in [1.29, 1.82) is 5.26 Å². The summed E-state index contributed by atoms with van der Waals surface area (Å²) >= 11 is 0. The Hall–Kier alpha value is -1.57. The summed E-state index contributed by atoms with van der Waals surface area (Å²) in [6, 6.07) is 10.2. The molecule has 20 heavy (non-hydrogen) atoms. The standard InChI is InChI=1S/C16H22N2O2/c1-2-18-16(12-17)9-7-14(11-16)20-15-6-4-3-5-13(15)8-10-19/h3-6,14,18-19H,2,7-11H2,1H3. The lowest BCUT2D eigenvalue weighted by molar-refractivity contribution is 0.197. The van der Waals surface area contributed by atoms with E-state index in [1.54, 1.807) is 0 Å². The third-order valence-corrected chi connectivity index (χ3v) is 3.85. The molecule has 4 nitrogen and oxygen atoms in total. The number of nitrogens with zero attached hydrogens (tertiary/aromatic N) is 1. The first kappa shape index (κ1) is 14.8. The summed E-state index contributed by atoms with van der Waals surface area (Å²) in [5, 5.41) is 21.7. The molecule has 4 heteroatoms. The maximum absolute atomic E-state index is 9.37. The number of hydrogen-bond donors (Lipinski definition) is 2. The van der Waals surface area contributed by atoms with Gasteiger partial charge in [0.1, 0.15) is 17.4 Å². The molecule has 2 N–H and O–H groups in total. The first-order valence-electron chi connectivity index (χ1n) is 7.24. The second-order valence-corrected chi connectivity index (χ2v) is 5.29. The Kier molecular flexibility index (Phi) is 4.99. The number of rotatable bonds is 6. The van der Waals surface area contributed by atoms with Gasteiger partial charge >= 0.3 is 0 Å². The van der Waals surface area contributed by atoms with Crippen molar-refractivity contribution in [2.24, 2.45) is 0 Å². The highest BCUT2D eigenvalue weighted by Crippen LogP contribution is 2.33. The molecule has 0 heterocycles. The molecular weight excluding hydrogens is 252 g/mol. The van der Waals surface area contributed by atoms with Crippen LogP contribution in [0.15, 0.2) is 24.3 Å². The quantitative estimate of drug-likeness (QED) is 0.833. The van der Waals surface area contributed by atoms with Gasteiger partial charge in [-0.15, -0.1) is 0 Å². The predicted molar refractivity (Wildman–Crippen MR) is 77.5 cm³/mol. The molecule has 108 valence electrons. The Balaban J connectivity index is 2.04. The Labute approximate surface area is 120 Å². The number of hydrogen-bond acceptors (Lipinski definition) is 4. The zero-order valence-corrected chi connectivity index (χ0v) is 11.9. The summed E-state index contributed by atoms with van der Waals surface area (Å²) in [4.78, 5) is 0. The molecule has 1 fully saturated rings. The fourth-order valence-electron chi connectivity index (χ4n) is 2.87. The van der Waals surface area contributed by atoms with Gasteiger partial charge in [-0.2, -0.15) is 5.26 Å². The lowest BCUT2D eigenvalue weighted by Crippen LogP contribution is -2.42. The van der Waals surface area contributed by atoms with Gasteiger partial charge < -0.3 is 9.84 Å². The van der Waals surface area contributed by atoms with Gasteiger partial charge in [0.2, 0.25) is 0 Å². The minimum Gasteiger partial charge on any atom is -0.490 e. The Morgan fingerprint density at radius 2 is 2.30 bits per heavy atom. The van der Waals surface area contributed by atoms with E-state index in [0.29, 0.717) is 12.8 Å². The number of aliphatic hydroxyl groups is 1. The molecule has 0 aliphatic heterocycles. The van der Waals surface area contributed by atoms with Crippen molar-refractivity contribution in [3.8, 4) is 11.8 Å². The van der Waals surface area contributed by atoms with Crippen LogP contribution in [0, 0.1) is 11.3 Å². The minimum absolute atomic E-state index is 0.0635. The first-order valence-corrected chi connectivity index (χ1v) is 7.24. The summed E-state index contributed by atoms with van der Waals surface area (Å²) in [6.07, 6.45) is 3.08. The zero-order valence-electron chi connectivity index (χ0n) is 11.9. The van der Waals surface area contributed by atoms with E-state index in [-0.39, 0.29) is 12.7 Å². The summed E-state index contributed by atoms with van der Waals surface area (Å²) in [5.74, 6) is 0.830. The smallest absolute Gasteiger partial charge is 0.122 e. The monoisotopic (exact) mass is 274 g/mol. The van der Waals surface area contributed by atoms with Gasteiger partial charge in [-0.05, 0) is 37.4 Å². The molecular formula is C16H22N2O2. The molecule has 1 aromatic carbocycles. The molecule has 0 saturated heterocycles. The van der Waals surface area contributed by atoms with Crippen molar-refractivity contribution in [3.63, 3.8) is 0 Å². The highest BCUT2D eigenvalue weighted by molar-refractivity contribution is 5.34. The topological polar surface area (TPSA) is 65.3 Å². The van der Waals surface area contributed by atoms with E-state index >= 15 is 0 Å². The Morgan fingerprint density at radius 3 is 3.00 bits per heavy atom. The van der Waals surface area contributed by atoms with Crippen LogP contribution >= 0.6 is 0 Å². The average Bonchev–Trinajstić information content (AvgIpc) is 2.85. The van der Waals surface area contributed by atoms with Crippen LogP contribution in [-0.4, -0.2) is 29.9 Å². The van der Waals surface area contributed by atoms with Gasteiger partial charge in [-0.1, -0.05) is 25.1 Å². The van der Waals surface area contributed by atoms with Crippen LogP contribution in [0.25, 0.3) is 0 Å². The van der Waals surface area contributed by atoms with Gasteiger partial charge in [0.15, 0.2) is 0 Å². The molecule has 0 aromatic heterocycles. The van der Waals surface area contributed by atoms with Crippen LogP contribution in [0.4, 0.5) is 0 Å². The van der Waals surface area contributed by atoms with Crippen molar-refractivity contribution in [1.82, 2.24) is 5.32 Å². The number of para-hydroxylation sites is 1. The van der Waals surface area contributed by atoms with Crippen molar-refractivity contribution in [2.75, 3.05) is 13.2 Å². The Bertz CT molecular complexity index is 484. The number of nitrogens with one attached hydrogen (secondary N) is 1. The number of nitriles is 1. The van der Waals surface area contributed by atoms with E-state index in [4.69, 9.17) is 9.84 Å². The van der Waals surface area contributed by atoms with Crippen LogP contribution in [-0.2, 0) is 6.42 Å². The molecule has 1 aliphatic carbocycles. The van der Waals surface area contributed by atoms with Gasteiger partial charge in [0.05, 0.1) is 6.07 Å². The maximum atomic E-state index is 9.37. The van der Waals surface area contributed by atoms with Crippen LogP contribution in [0.1, 0.15) is 31.7 Å². The molecule has 1 aliphatic rings. The van der Waals surface area contributed by atoms with E-state index in [0.717, 1.165) is 30.7 Å². The van der Waals surface area contributed by atoms with Crippen molar-refractivity contribution >= 4 is 0 Å². The van der Waals surface area contributed by atoms with Gasteiger partial charge in [0, 0.05) is 13.0 Å². The molecule has 2 unspecified atom stereocenters. The third-order valence-electron chi connectivity index (χ3n) is 3.85. The fourth-order valence-corrected chi connectivity index (χ4v) is 2.87. The Morgan fingerprint density at radius 1 is 1.50 bits per heavy atom. The molecule has 0 spiro atoms. The second kappa shape index (κ2) is 6.74. The van der Waals surface area contributed by atoms with E-state index in [1.165, 1.54) is 0 Å². The number of ether oxygens (including phenoxy) is 1. The lowest BCUT2D eigenvalue weighted by Gasteiger charge is -2.22. The molecule has 1 aromatic rings.